The molecule has 0 bridgehead atoms. The number of phenolic OH excluding ortho intramolecular Hbond substituents is 1. The fraction of sp³-hybridized carbons (Fsp3) is 0.500. The Hall–Kier alpha value is -1.75. The van der Waals surface area contributed by atoms with Crippen LogP contribution in [0.15, 0.2) is 18.2 Å². The topological polar surface area (TPSA) is 92.6 Å². The second-order valence-corrected chi connectivity index (χ2v) is 5.20. The number of primary amides is 1. The average Bonchev–Trinajstić information content (AvgIpc) is 2.86. The minimum Gasteiger partial charge on any atom is -0.508 e. The van der Waals surface area contributed by atoms with Gasteiger partial charge in [-0.2, -0.15) is 0 Å². The van der Waals surface area contributed by atoms with E-state index in [9.17, 15) is 9.90 Å². The molecule has 1 saturated carbocycles. The van der Waals surface area contributed by atoms with Crippen LogP contribution in [0.4, 0.5) is 5.69 Å². The molecule has 1 aliphatic carbocycles. The van der Waals surface area contributed by atoms with Crippen molar-refractivity contribution in [2.75, 3.05) is 12.3 Å². The molecule has 0 unspecified atom stereocenters. The van der Waals surface area contributed by atoms with Crippen molar-refractivity contribution in [3.63, 3.8) is 0 Å². The second kappa shape index (κ2) is 5.93. The number of rotatable bonds is 5. The number of hydrogen-bond acceptors (Lipinski definition) is 4. The van der Waals surface area contributed by atoms with E-state index >= 15 is 0 Å². The number of benzene rings is 1. The number of aromatic hydroxyl groups is 1. The second-order valence-electron chi connectivity index (χ2n) is 5.20. The van der Waals surface area contributed by atoms with Gasteiger partial charge in [-0.3, -0.25) is 9.69 Å². The highest BCUT2D eigenvalue weighted by Crippen LogP contribution is 2.27. The molecule has 1 aromatic carbocycles. The van der Waals surface area contributed by atoms with Gasteiger partial charge < -0.3 is 16.6 Å². The van der Waals surface area contributed by atoms with Crippen molar-refractivity contribution in [3.05, 3.63) is 23.8 Å². The van der Waals surface area contributed by atoms with Gasteiger partial charge in [0.25, 0.3) is 0 Å². The number of carbonyl (C=O) groups is 1. The van der Waals surface area contributed by atoms with Crippen LogP contribution in [0.25, 0.3) is 0 Å². The Morgan fingerprint density at radius 2 is 2.05 bits per heavy atom. The van der Waals surface area contributed by atoms with Crippen molar-refractivity contribution >= 4 is 11.6 Å². The number of nitrogen functional groups attached to an aromatic ring is 1. The number of phenols is 1. The number of nitrogens with two attached hydrogens (primary N) is 2. The zero-order valence-electron chi connectivity index (χ0n) is 11.0. The molecule has 0 spiro atoms. The third-order valence-electron chi connectivity index (χ3n) is 3.68. The molecule has 2 rings (SSSR count). The summed E-state index contributed by atoms with van der Waals surface area (Å²) in [5.74, 6) is -0.128. The molecular weight excluding hydrogens is 242 g/mol. The first-order valence-electron chi connectivity index (χ1n) is 6.66. The summed E-state index contributed by atoms with van der Waals surface area (Å²) in [4.78, 5) is 13.2. The number of anilines is 1. The van der Waals surface area contributed by atoms with Gasteiger partial charge in [0, 0.05) is 23.8 Å². The Morgan fingerprint density at radius 1 is 1.37 bits per heavy atom. The minimum atomic E-state index is -0.338. The largest absolute Gasteiger partial charge is 0.508 e. The summed E-state index contributed by atoms with van der Waals surface area (Å²) in [6.45, 7) is 0.726. The summed E-state index contributed by atoms with van der Waals surface area (Å²) in [5.41, 5.74) is 12.4. The molecule has 1 fully saturated rings. The zero-order valence-corrected chi connectivity index (χ0v) is 11.0. The first kappa shape index (κ1) is 13.7. The molecule has 0 radical (unpaired) electrons. The Balaban J connectivity index is 2.14. The summed E-state index contributed by atoms with van der Waals surface area (Å²) < 4.78 is 0. The maximum absolute atomic E-state index is 11.2. The molecule has 5 nitrogen and oxygen atoms in total. The molecule has 1 aliphatic rings. The van der Waals surface area contributed by atoms with E-state index in [0.717, 1.165) is 18.4 Å². The smallest absolute Gasteiger partial charge is 0.231 e. The van der Waals surface area contributed by atoms with Gasteiger partial charge in [0.05, 0.1) is 6.54 Å². The van der Waals surface area contributed by atoms with Gasteiger partial charge >= 0.3 is 0 Å². The van der Waals surface area contributed by atoms with Gasteiger partial charge in [-0.15, -0.1) is 0 Å². The molecule has 0 atom stereocenters. The highest BCUT2D eigenvalue weighted by atomic mass is 16.3. The maximum atomic E-state index is 11.2. The SMILES string of the molecule is NC(=O)CN(Cc1cc(N)ccc1O)C1CCCC1. The number of hydrogen-bond donors (Lipinski definition) is 3. The lowest BCUT2D eigenvalue weighted by molar-refractivity contribution is -0.119. The van der Waals surface area contributed by atoms with E-state index in [2.05, 4.69) is 0 Å². The fourth-order valence-corrected chi connectivity index (χ4v) is 2.73. The van der Waals surface area contributed by atoms with Gasteiger partial charge in [-0.05, 0) is 31.0 Å². The van der Waals surface area contributed by atoms with E-state index in [-0.39, 0.29) is 18.2 Å². The van der Waals surface area contributed by atoms with E-state index in [1.165, 1.54) is 12.8 Å². The van der Waals surface area contributed by atoms with Crippen molar-refractivity contribution in [3.8, 4) is 5.75 Å². The molecule has 0 saturated heterocycles. The van der Waals surface area contributed by atoms with Crippen LogP contribution in [0.5, 0.6) is 5.75 Å². The van der Waals surface area contributed by atoms with Crippen LogP contribution in [-0.4, -0.2) is 28.5 Å². The van der Waals surface area contributed by atoms with Gasteiger partial charge in [0.1, 0.15) is 5.75 Å². The van der Waals surface area contributed by atoms with Crippen LogP contribution in [0.1, 0.15) is 31.2 Å². The quantitative estimate of drug-likeness (QED) is 0.550. The van der Waals surface area contributed by atoms with Gasteiger partial charge in [-0.1, -0.05) is 12.8 Å². The van der Waals surface area contributed by atoms with Crippen LogP contribution in [0.2, 0.25) is 0 Å². The Kier molecular flexibility index (Phi) is 4.27. The van der Waals surface area contributed by atoms with Crippen molar-refractivity contribution in [1.29, 1.82) is 0 Å². The molecule has 0 heterocycles. The molecule has 1 amide bonds. The summed E-state index contributed by atoms with van der Waals surface area (Å²) in [6.07, 6.45) is 4.53. The highest BCUT2D eigenvalue weighted by molar-refractivity contribution is 5.76. The molecule has 5 heteroatoms. The average molecular weight is 263 g/mol. The predicted octanol–water partition coefficient (Wildman–Crippen LogP) is 1.20. The molecule has 19 heavy (non-hydrogen) atoms. The van der Waals surface area contributed by atoms with Crippen molar-refractivity contribution < 1.29 is 9.90 Å². The molecule has 1 aromatic rings. The third-order valence-corrected chi connectivity index (χ3v) is 3.68. The van der Waals surface area contributed by atoms with Crippen molar-refractivity contribution in [2.45, 2.75) is 38.3 Å². The van der Waals surface area contributed by atoms with Crippen molar-refractivity contribution in [2.24, 2.45) is 5.73 Å². The van der Waals surface area contributed by atoms with E-state index in [1.54, 1.807) is 18.2 Å². The van der Waals surface area contributed by atoms with Gasteiger partial charge in [-0.25, -0.2) is 0 Å². The number of carbonyl (C=O) groups excluding carboxylic acids is 1. The first-order valence-corrected chi connectivity index (χ1v) is 6.66. The van der Waals surface area contributed by atoms with Crippen LogP contribution < -0.4 is 11.5 Å². The first-order chi connectivity index (χ1) is 9.06. The van der Waals surface area contributed by atoms with Crippen LogP contribution in [0.3, 0.4) is 0 Å². The van der Waals surface area contributed by atoms with E-state index in [1.807, 2.05) is 4.90 Å². The Bertz CT molecular complexity index is 456. The molecule has 0 aliphatic heterocycles. The third kappa shape index (κ3) is 3.61. The van der Waals surface area contributed by atoms with Crippen LogP contribution in [-0.2, 0) is 11.3 Å². The predicted molar refractivity (Wildman–Crippen MR) is 74.4 cm³/mol. The van der Waals surface area contributed by atoms with Crippen LogP contribution >= 0.6 is 0 Å². The number of nitrogens with zero attached hydrogens (tertiary/aromatic N) is 1. The molecule has 104 valence electrons. The normalized spacial score (nSPS) is 16.1. The molecule has 0 aromatic heterocycles. The molecule has 5 N–H and O–H groups in total. The lowest BCUT2D eigenvalue weighted by Gasteiger charge is -2.27. The van der Waals surface area contributed by atoms with E-state index in [0.29, 0.717) is 18.3 Å². The van der Waals surface area contributed by atoms with Crippen LogP contribution in [0, 0.1) is 0 Å². The zero-order chi connectivity index (χ0) is 13.8. The van der Waals surface area contributed by atoms with Gasteiger partial charge in [0.2, 0.25) is 5.91 Å². The summed E-state index contributed by atoms with van der Waals surface area (Å²) in [7, 11) is 0. The number of amides is 1. The fourth-order valence-electron chi connectivity index (χ4n) is 2.73. The van der Waals surface area contributed by atoms with E-state index < -0.39 is 0 Å². The summed E-state index contributed by atoms with van der Waals surface area (Å²) >= 11 is 0. The minimum absolute atomic E-state index is 0.210. The highest BCUT2D eigenvalue weighted by Gasteiger charge is 2.24. The maximum Gasteiger partial charge on any atom is 0.231 e. The lowest BCUT2D eigenvalue weighted by Crippen LogP contribution is -2.39. The van der Waals surface area contributed by atoms with E-state index in [4.69, 9.17) is 11.5 Å². The summed E-state index contributed by atoms with van der Waals surface area (Å²) in [5, 5.41) is 9.86. The standard InChI is InChI=1S/C14H21N3O2/c15-11-5-6-13(18)10(7-11)8-17(9-14(16)19)12-3-1-2-4-12/h5-7,12,18H,1-4,8-9,15H2,(H2,16,19). The Labute approximate surface area is 113 Å². The molecular formula is C14H21N3O2. The summed E-state index contributed by atoms with van der Waals surface area (Å²) in [6, 6.07) is 5.36. The van der Waals surface area contributed by atoms with Crippen molar-refractivity contribution in [1.82, 2.24) is 4.90 Å². The monoisotopic (exact) mass is 263 g/mol. The lowest BCUT2D eigenvalue weighted by atomic mass is 10.1. The Morgan fingerprint density at radius 3 is 2.68 bits per heavy atom. The van der Waals surface area contributed by atoms with Gasteiger partial charge in [0.15, 0.2) is 0 Å².